The number of hydrogen-bond acceptors (Lipinski definition) is 1. The molecule has 16 heavy (non-hydrogen) atoms. The van der Waals surface area contributed by atoms with Crippen LogP contribution in [-0.2, 0) is 0 Å². The third-order valence-corrected chi connectivity index (χ3v) is 3.96. The lowest BCUT2D eigenvalue weighted by molar-refractivity contribution is 0.236. The van der Waals surface area contributed by atoms with Gasteiger partial charge < -0.3 is 5.32 Å². The van der Waals surface area contributed by atoms with Crippen LogP contribution in [0.2, 0.25) is 0 Å². The zero-order valence-corrected chi connectivity index (χ0v) is 11.3. The van der Waals surface area contributed by atoms with Crippen molar-refractivity contribution in [1.82, 2.24) is 5.32 Å². The minimum absolute atomic E-state index is 0.859. The molecule has 0 aromatic carbocycles. The highest BCUT2D eigenvalue weighted by Gasteiger charge is 2.22. The first-order valence-electron chi connectivity index (χ1n) is 7.11. The fraction of sp³-hybridized carbons (Fsp3) is 0.867. The highest BCUT2D eigenvalue weighted by Crippen LogP contribution is 2.33. The van der Waals surface area contributed by atoms with Crippen LogP contribution in [0.4, 0.5) is 0 Å². The Morgan fingerprint density at radius 2 is 1.94 bits per heavy atom. The Kier molecular flexibility index (Phi) is 6.79. The predicted octanol–water partition coefficient (Wildman–Crippen LogP) is 4.00. The van der Waals surface area contributed by atoms with E-state index in [1.54, 1.807) is 0 Å². The van der Waals surface area contributed by atoms with E-state index in [0.29, 0.717) is 0 Å². The van der Waals surface area contributed by atoms with E-state index in [9.17, 15) is 0 Å². The van der Waals surface area contributed by atoms with Gasteiger partial charge in [-0.2, -0.15) is 0 Å². The molecule has 1 nitrogen and oxygen atoms in total. The van der Waals surface area contributed by atoms with Crippen LogP contribution in [0.15, 0.2) is 12.2 Å². The van der Waals surface area contributed by atoms with Crippen LogP contribution in [0, 0.1) is 17.8 Å². The zero-order valence-electron chi connectivity index (χ0n) is 11.3. The summed E-state index contributed by atoms with van der Waals surface area (Å²) in [6.45, 7) is 9.33. The Labute approximate surface area is 102 Å². The molecule has 0 aliphatic heterocycles. The third kappa shape index (κ3) is 5.16. The molecule has 0 saturated heterocycles. The van der Waals surface area contributed by atoms with Gasteiger partial charge in [0.1, 0.15) is 0 Å². The van der Waals surface area contributed by atoms with Crippen LogP contribution in [0.1, 0.15) is 52.9 Å². The Morgan fingerprint density at radius 1 is 1.12 bits per heavy atom. The van der Waals surface area contributed by atoms with E-state index in [0.717, 1.165) is 30.8 Å². The van der Waals surface area contributed by atoms with Crippen molar-refractivity contribution in [2.45, 2.75) is 52.9 Å². The molecule has 0 spiro atoms. The van der Waals surface area contributed by atoms with Gasteiger partial charge in [-0.1, -0.05) is 32.9 Å². The number of nitrogens with one attached hydrogen (secondary N) is 1. The highest BCUT2D eigenvalue weighted by atomic mass is 14.8. The van der Waals surface area contributed by atoms with E-state index in [1.807, 2.05) is 0 Å². The first kappa shape index (κ1) is 13.8. The van der Waals surface area contributed by atoms with Gasteiger partial charge in [0, 0.05) is 0 Å². The molecule has 0 radical (unpaired) electrons. The zero-order chi connectivity index (χ0) is 11.8. The van der Waals surface area contributed by atoms with E-state index >= 15 is 0 Å². The van der Waals surface area contributed by atoms with Crippen molar-refractivity contribution in [3.63, 3.8) is 0 Å². The van der Waals surface area contributed by atoms with Gasteiger partial charge in [-0.05, 0) is 62.9 Å². The molecule has 1 aliphatic rings. The van der Waals surface area contributed by atoms with Crippen LogP contribution in [0.5, 0.6) is 0 Å². The fourth-order valence-corrected chi connectivity index (χ4v) is 2.54. The van der Waals surface area contributed by atoms with Crippen molar-refractivity contribution >= 4 is 0 Å². The summed E-state index contributed by atoms with van der Waals surface area (Å²) in [6, 6.07) is 0. The van der Waals surface area contributed by atoms with Crippen LogP contribution in [0.25, 0.3) is 0 Å². The summed E-state index contributed by atoms with van der Waals surface area (Å²) in [5.74, 6) is 2.72. The van der Waals surface area contributed by atoms with Crippen LogP contribution in [-0.4, -0.2) is 13.1 Å². The van der Waals surface area contributed by atoms with Gasteiger partial charge in [-0.3, -0.25) is 0 Å². The maximum atomic E-state index is 3.44. The average molecular weight is 223 g/mol. The third-order valence-electron chi connectivity index (χ3n) is 3.96. The van der Waals surface area contributed by atoms with Gasteiger partial charge in [-0.15, -0.1) is 0 Å². The van der Waals surface area contributed by atoms with Gasteiger partial charge in [-0.25, -0.2) is 0 Å². The number of rotatable bonds is 6. The first-order chi connectivity index (χ1) is 7.74. The molecule has 0 heterocycles. The van der Waals surface area contributed by atoms with Gasteiger partial charge in [0.05, 0.1) is 0 Å². The van der Waals surface area contributed by atoms with E-state index < -0.39 is 0 Å². The van der Waals surface area contributed by atoms with Crippen LogP contribution < -0.4 is 5.32 Å². The average Bonchev–Trinajstić information content (AvgIpc) is 2.28. The highest BCUT2D eigenvalue weighted by molar-refractivity contribution is 4.92. The first-order valence-corrected chi connectivity index (χ1v) is 7.11. The van der Waals surface area contributed by atoms with Crippen molar-refractivity contribution in [3.8, 4) is 0 Å². The standard InChI is InChI=1S/C15H29N/c1-4-10-16-11-6-5-7-15-9-8-13(2)14(3)12-15/h5,7,13-16H,4,6,8-12H2,1-3H3. The molecule has 1 heteroatoms. The Hall–Kier alpha value is -0.300. The monoisotopic (exact) mass is 223 g/mol. The summed E-state index contributed by atoms with van der Waals surface area (Å²) in [5, 5.41) is 3.44. The molecule has 1 saturated carbocycles. The summed E-state index contributed by atoms with van der Waals surface area (Å²) in [6.07, 6.45) is 11.5. The Bertz CT molecular complexity index is 198. The molecule has 0 aromatic rings. The lowest BCUT2D eigenvalue weighted by Gasteiger charge is -2.30. The summed E-state index contributed by atoms with van der Waals surface area (Å²) in [5.41, 5.74) is 0. The number of allylic oxidation sites excluding steroid dienone is 1. The number of hydrogen-bond donors (Lipinski definition) is 1. The van der Waals surface area contributed by atoms with Crippen molar-refractivity contribution in [2.24, 2.45) is 17.8 Å². The second kappa shape index (κ2) is 7.89. The van der Waals surface area contributed by atoms with E-state index in [2.05, 4.69) is 38.2 Å². The minimum atomic E-state index is 0.859. The van der Waals surface area contributed by atoms with Gasteiger partial charge in [0.25, 0.3) is 0 Å². The summed E-state index contributed by atoms with van der Waals surface area (Å²) < 4.78 is 0. The molecule has 0 bridgehead atoms. The topological polar surface area (TPSA) is 12.0 Å². The summed E-state index contributed by atoms with van der Waals surface area (Å²) >= 11 is 0. The Morgan fingerprint density at radius 3 is 2.62 bits per heavy atom. The van der Waals surface area contributed by atoms with Crippen molar-refractivity contribution in [3.05, 3.63) is 12.2 Å². The predicted molar refractivity (Wildman–Crippen MR) is 72.6 cm³/mol. The van der Waals surface area contributed by atoms with Crippen molar-refractivity contribution < 1.29 is 0 Å². The normalized spacial score (nSPS) is 31.1. The molecule has 1 N–H and O–H groups in total. The van der Waals surface area contributed by atoms with Crippen LogP contribution in [0.3, 0.4) is 0 Å². The molecule has 1 fully saturated rings. The summed E-state index contributed by atoms with van der Waals surface area (Å²) in [4.78, 5) is 0. The maximum Gasteiger partial charge on any atom is -0.00143 e. The molecular formula is C15H29N. The lowest BCUT2D eigenvalue weighted by Crippen LogP contribution is -2.19. The van der Waals surface area contributed by atoms with Gasteiger partial charge >= 0.3 is 0 Å². The van der Waals surface area contributed by atoms with Crippen molar-refractivity contribution in [2.75, 3.05) is 13.1 Å². The van der Waals surface area contributed by atoms with E-state index in [1.165, 1.54) is 32.1 Å². The minimum Gasteiger partial charge on any atom is -0.316 e. The van der Waals surface area contributed by atoms with E-state index in [-0.39, 0.29) is 0 Å². The smallest absolute Gasteiger partial charge is 0.00143 e. The SMILES string of the molecule is CCCNCCC=CC1CCC(C)C(C)C1. The maximum absolute atomic E-state index is 3.44. The molecule has 0 aromatic heterocycles. The quantitative estimate of drug-likeness (QED) is 0.530. The molecule has 1 aliphatic carbocycles. The molecule has 0 amide bonds. The van der Waals surface area contributed by atoms with Gasteiger partial charge in [0.2, 0.25) is 0 Å². The lowest BCUT2D eigenvalue weighted by atomic mass is 9.76. The molecule has 1 rings (SSSR count). The largest absolute Gasteiger partial charge is 0.316 e. The summed E-state index contributed by atoms with van der Waals surface area (Å²) in [7, 11) is 0. The molecule has 3 atom stereocenters. The second-order valence-corrected chi connectivity index (χ2v) is 5.49. The van der Waals surface area contributed by atoms with Gasteiger partial charge in [0.15, 0.2) is 0 Å². The molecule has 3 unspecified atom stereocenters. The Balaban J connectivity index is 2.10. The van der Waals surface area contributed by atoms with E-state index in [4.69, 9.17) is 0 Å². The fourth-order valence-electron chi connectivity index (χ4n) is 2.54. The molecular weight excluding hydrogens is 194 g/mol. The second-order valence-electron chi connectivity index (χ2n) is 5.49. The van der Waals surface area contributed by atoms with Crippen molar-refractivity contribution in [1.29, 1.82) is 0 Å². The molecule has 94 valence electrons. The van der Waals surface area contributed by atoms with Crippen LogP contribution >= 0.6 is 0 Å².